The molecule has 1 N–H and O–H groups in total. The number of allylic oxidation sites excluding steroid dienone is 11. The van der Waals surface area contributed by atoms with E-state index in [0.717, 1.165) is 6.42 Å². The zero-order chi connectivity index (χ0) is 27.1. The average molecular weight is 545 g/mol. The largest absolute Gasteiger partial charge is 0.438 e. The quantitative estimate of drug-likeness (QED) is 0.0700. The maximum atomic E-state index is 12.2. The number of benzene rings is 1. The molecule has 0 radical (unpaired) electrons. The van der Waals surface area contributed by atoms with Gasteiger partial charge in [0.1, 0.15) is 0 Å². The van der Waals surface area contributed by atoms with Crippen molar-refractivity contribution in [2.45, 2.75) is 71.4 Å². The summed E-state index contributed by atoms with van der Waals surface area (Å²) in [5, 5.41) is 2.92. The number of nitrogens with one attached hydrogen (secondary N) is 1. The molecule has 1 amide bonds. The summed E-state index contributed by atoms with van der Waals surface area (Å²) < 4.78 is 5.19. The van der Waals surface area contributed by atoms with E-state index >= 15 is 0 Å². The van der Waals surface area contributed by atoms with Crippen LogP contribution in [0, 0.1) is 0 Å². The van der Waals surface area contributed by atoms with Crippen molar-refractivity contribution in [1.29, 1.82) is 0 Å². The van der Waals surface area contributed by atoms with Crippen molar-refractivity contribution in [3.8, 4) is 0 Å². The molecule has 0 spiro atoms. The second-order valence-electron chi connectivity index (χ2n) is 8.39. The fourth-order valence-electron chi connectivity index (χ4n) is 3.24. The number of ether oxygens (including phenoxy) is 1. The van der Waals surface area contributed by atoms with Crippen LogP contribution in [-0.4, -0.2) is 18.1 Å². The molecule has 0 aliphatic heterocycles. The summed E-state index contributed by atoms with van der Waals surface area (Å²) in [5.41, 5.74) is 0.0667. The Morgan fingerprint density at radius 3 is 1.92 bits per heavy atom. The highest BCUT2D eigenvalue weighted by Crippen LogP contribution is 2.25. The minimum atomic E-state index is -0.853. The molecular formula is C31H39Cl2NO3. The first-order valence-electron chi connectivity index (χ1n) is 12.9. The summed E-state index contributed by atoms with van der Waals surface area (Å²) >= 11 is 12.0. The molecule has 1 aromatic carbocycles. The zero-order valence-corrected chi connectivity index (χ0v) is 23.4. The van der Waals surface area contributed by atoms with Gasteiger partial charge in [0.05, 0.1) is 15.6 Å². The highest BCUT2D eigenvalue weighted by atomic mass is 35.5. The molecule has 0 bridgehead atoms. The van der Waals surface area contributed by atoms with Crippen molar-refractivity contribution < 1.29 is 14.3 Å². The Bertz CT molecular complexity index is 970. The molecule has 0 fully saturated rings. The Labute approximate surface area is 232 Å². The molecule has 1 rings (SSSR count). The lowest BCUT2D eigenvalue weighted by Crippen LogP contribution is -2.35. The molecule has 1 unspecified atom stereocenters. The standard InChI is InChI=1S/C31H39Cl2NO3/c1-3-4-5-6-7-8-9-10-11-12-13-14-15-16-17-18-19-20-21-25-29(35)34-26(2)37-31(36)30-27(32)23-22-24-28(30)33/h11-26H,3-10H2,1-2H3,(H,34,35). The van der Waals surface area contributed by atoms with Crippen molar-refractivity contribution in [2.75, 3.05) is 0 Å². The molecular weight excluding hydrogens is 505 g/mol. The molecule has 0 aromatic heterocycles. The lowest BCUT2D eigenvalue weighted by Gasteiger charge is -2.15. The van der Waals surface area contributed by atoms with Crippen molar-refractivity contribution in [2.24, 2.45) is 0 Å². The van der Waals surface area contributed by atoms with Crippen molar-refractivity contribution in [1.82, 2.24) is 5.32 Å². The normalized spacial score (nSPS) is 13.2. The number of carbonyl (C=O) groups excluding carboxylic acids is 2. The third-order valence-electron chi connectivity index (χ3n) is 5.15. The maximum Gasteiger partial charge on any atom is 0.343 e. The van der Waals surface area contributed by atoms with Crippen LogP contribution in [0.3, 0.4) is 0 Å². The Morgan fingerprint density at radius 2 is 1.32 bits per heavy atom. The highest BCUT2D eigenvalue weighted by molar-refractivity contribution is 6.39. The van der Waals surface area contributed by atoms with Crippen LogP contribution in [0.15, 0.2) is 91.1 Å². The predicted molar refractivity (Wildman–Crippen MR) is 157 cm³/mol. The van der Waals surface area contributed by atoms with Crippen LogP contribution in [0.25, 0.3) is 0 Å². The Balaban J connectivity index is 2.20. The van der Waals surface area contributed by atoms with Crippen LogP contribution < -0.4 is 5.32 Å². The third kappa shape index (κ3) is 16.5. The number of carbonyl (C=O) groups is 2. The van der Waals surface area contributed by atoms with Gasteiger partial charge in [0.2, 0.25) is 5.91 Å². The summed E-state index contributed by atoms with van der Waals surface area (Å²) in [7, 11) is 0. The first-order chi connectivity index (χ1) is 18.0. The van der Waals surface area contributed by atoms with E-state index in [-0.39, 0.29) is 15.6 Å². The van der Waals surface area contributed by atoms with Crippen LogP contribution >= 0.6 is 23.2 Å². The van der Waals surface area contributed by atoms with Crippen LogP contribution in [0.1, 0.15) is 75.6 Å². The smallest absolute Gasteiger partial charge is 0.343 e. The van der Waals surface area contributed by atoms with Crippen molar-refractivity contribution in [3.05, 3.63) is 107 Å². The fraction of sp³-hybridized carbons (Fsp3) is 0.355. The van der Waals surface area contributed by atoms with Gasteiger partial charge in [-0.1, -0.05) is 142 Å². The molecule has 0 saturated heterocycles. The van der Waals surface area contributed by atoms with Gasteiger partial charge in [0, 0.05) is 6.08 Å². The number of unbranched alkanes of at least 4 members (excludes halogenated alkanes) is 7. The number of esters is 1. The minimum absolute atomic E-state index is 0.0667. The van der Waals surface area contributed by atoms with E-state index < -0.39 is 18.1 Å². The van der Waals surface area contributed by atoms with E-state index in [1.54, 1.807) is 37.3 Å². The molecule has 0 aliphatic rings. The van der Waals surface area contributed by atoms with Gasteiger partial charge in [0.15, 0.2) is 6.23 Å². The monoisotopic (exact) mass is 543 g/mol. The first kappa shape index (κ1) is 32.2. The van der Waals surface area contributed by atoms with E-state index in [9.17, 15) is 9.59 Å². The molecule has 4 nitrogen and oxygen atoms in total. The number of amides is 1. The average Bonchev–Trinajstić information content (AvgIpc) is 2.85. The molecule has 0 heterocycles. The molecule has 6 heteroatoms. The Hall–Kier alpha value is -2.82. The lowest BCUT2D eigenvalue weighted by atomic mass is 10.1. The maximum absolute atomic E-state index is 12.2. The number of hydrogen-bond donors (Lipinski definition) is 1. The first-order valence-corrected chi connectivity index (χ1v) is 13.7. The molecule has 0 aliphatic carbocycles. The lowest BCUT2D eigenvalue weighted by molar-refractivity contribution is -0.119. The van der Waals surface area contributed by atoms with Crippen molar-refractivity contribution in [3.63, 3.8) is 0 Å². The van der Waals surface area contributed by atoms with Crippen LogP contribution in [0.2, 0.25) is 10.0 Å². The van der Waals surface area contributed by atoms with E-state index in [1.165, 1.54) is 51.0 Å². The number of hydrogen-bond acceptors (Lipinski definition) is 3. The van der Waals surface area contributed by atoms with Gasteiger partial charge in [-0.15, -0.1) is 0 Å². The van der Waals surface area contributed by atoms with E-state index in [0.29, 0.717) is 0 Å². The second kappa shape index (κ2) is 21.3. The molecule has 37 heavy (non-hydrogen) atoms. The van der Waals surface area contributed by atoms with Gasteiger partial charge < -0.3 is 10.1 Å². The second-order valence-corrected chi connectivity index (χ2v) is 9.20. The molecule has 1 aromatic rings. The van der Waals surface area contributed by atoms with Crippen LogP contribution in [-0.2, 0) is 9.53 Å². The summed E-state index contributed by atoms with van der Waals surface area (Å²) in [5.74, 6) is -1.11. The zero-order valence-electron chi connectivity index (χ0n) is 21.9. The van der Waals surface area contributed by atoms with Crippen LogP contribution in [0.4, 0.5) is 0 Å². The van der Waals surface area contributed by atoms with Gasteiger partial charge in [-0.25, -0.2) is 4.79 Å². The molecule has 0 saturated carbocycles. The molecule has 200 valence electrons. The SMILES string of the molecule is CCCCCCCCCC=CC=CC=CC=CC=CC=CC(=O)NC(C)OC(=O)c1c(Cl)cccc1Cl. The summed E-state index contributed by atoms with van der Waals surface area (Å²) in [4.78, 5) is 24.2. The third-order valence-corrected chi connectivity index (χ3v) is 5.78. The number of halogens is 2. The van der Waals surface area contributed by atoms with E-state index in [4.69, 9.17) is 27.9 Å². The Kier molecular flexibility index (Phi) is 18.5. The van der Waals surface area contributed by atoms with Gasteiger partial charge in [0.25, 0.3) is 0 Å². The Morgan fingerprint density at radius 1 is 0.811 bits per heavy atom. The summed E-state index contributed by atoms with van der Waals surface area (Å²) in [6.07, 6.45) is 32.1. The summed E-state index contributed by atoms with van der Waals surface area (Å²) in [6, 6.07) is 4.71. The van der Waals surface area contributed by atoms with Gasteiger partial charge in [-0.3, -0.25) is 4.79 Å². The minimum Gasteiger partial charge on any atom is -0.438 e. The van der Waals surface area contributed by atoms with Crippen LogP contribution in [0.5, 0.6) is 0 Å². The number of rotatable bonds is 17. The summed E-state index contributed by atoms with van der Waals surface area (Å²) in [6.45, 7) is 3.79. The topological polar surface area (TPSA) is 55.4 Å². The van der Waals surface area contributed by atoms with E-state index in [1.807, 2.05) is 42.5 Å². The van der Waals surface area contributed by atoms with Crippen molar-refractivity contribution >= 4 is 35.1 Å². The van der Waals surface area contributed by atoms with Gasteiger partial charge in [-0.05, 0) is 31.9 Å². The fourth-order valence-corrected chi connectivity index (χ4v) is 3.79. The molecule has 1 atom stereocenters. The van der Waals surface area contributed by atoms with Gasteiger partial charge in [-0.2, -0.15) is 0 Å². The highest BCUT2D eigenvalue weighted by Gasteiger charge is 2.19. The predicted octanol–water partition coefficient (Wildman–Crippen LogP) is 9.09. The van der Waals surface area contributed by atoms with Gasteiger partial charge >= 0.3 is 5.97 Å². The van der Waals surface area contributed by atoms with E-state index in [2.05, 4.69) is 24.4 Å².